The molecule has 0 atom stereocenters. The monoisotopic (exact) mass is 660 g/mol. The van der Waals surface area contributed by atoms with Crippen LogP contribution in [0.25, 0.3) is 0 Å². The van der Waals surface area contributed by atoms with Crippen LogP contribution in [0.2, 0.25) is 0 Å². The highest BCUT2D eigenvalue weighted by molar-refractivity contribution is 6.04. The summed E-state index contributed by atoms with van der Waals surface area (Å²) in [6, 6.07) is 0. The van der Waals surface area contributed by atoms with Gasteiger partial charge in [0.15, 0.2) is 0 Å². The van der Waals surface area contributed by atoms with Gasteiger partial charge >= 0.3 is 0 Å². The number of hydrazine groups is 7. The lowest BCUT2D eigenvalue weighted by atomic mass is 9.95. The van der Waals surface area contributed by atoms with Crippen LogP contribution in [-0.2, 0) is 0 Å². The second-order valence-electron chi connectivity index (χ2n) is 13.5. The third kappa shape index (κ3) is 4.69. The molecule has 0 amide bonds. The quantitative estimate of drug-likeness (QED) is 0.301. The van der Waals surface area contributed by atoms with Crippen LogP contribution >= 0.6 is 0 Å². The summed E-state index contributed by atoms with van der Waals surface area (Å²) >= 11 is 0. The second-order valence-corrected chi connectivity index (χ2v) is 13.5. The lowest BCUT2D eigenvalue weighted by Crippen LogP contribution is -2.66. The molecule has 0 radical (unpaired) electrons. The molecule has 10 nitrogen and oxygen atoms in total. The number of rotatable bonds is 4. The molecule has 0 fully saturated rings. The van der Waals surface area contributed by atoms with Crippen molar-refractivity contribution >= 4 is 11.9 Å². The van der Waals surface area contributed by atoms with Gasteiger partial charge in [0, 0.05) is 25.0 Å². The number of allylic oxidation sites excluding steroid dienone is 22. The predicted molar refractivity (Wildman–Crippen MR) is 195 cm³/mol. The van der Waals surface area contributed by atoms with E-state index in [-0.39, 0.29) is 0 Å². The van der Waals surface area contributed by atoms with E-state index in [1.807, 2.05) is 11.3 Å². The summed E-state index contributed by atoms with van der Waals surface area (Å²) in [5, 5.41) is 27.9. The Morgan fingerprint density at radius 2 is 1.40 bits per heavy atom. The Bertz CT molecular complexity index is 2020. The molecule has 0 N–H and O–H groups in total. The number of hydrogen-bond acceptors (Lipinski definition) is 10. The van der Waals surface area contributed by atoms with Crippen molar-refractivity contribution in [3.05, 3.63) is 167 Å². The molecule has 5 aliphatic heterocycles. The average Bonchev–Trinajstić information content (AvgIpc) is 3.19. The first-order valence-electron chi connectivity index (χ1n) is 18.0. The molecule has 10 heteroatoms. The Morgan fingerprint density at radius 1 is 0.580 bits per heavy atom. The SMILES string of the molecule is C1=CCC2=CC=NN(N3C=CC4=C(C=CCC4)N3N3C=CC4=C(CCC=C4)N3N3C=CC4=C(CCCC4)N3N3C=CC4=CC=CCC4=N3)C2=C1. The van der Waals surface area contributed by atoms with Gasteiger partial charge in [0.05, 0.1) is 40.9 Å². The minimum absolute atomic E-state index is 0.817. The molecule has 5 aliphatic carbocycles. The number of fused-ring (bicyclic) bond motifs is 2. The van der Waals surface area contributed by atoms with Gasteiger partial charge in [0.1, 0.15) is 0 Å². The highest BCUT2D eigenvalue weighted by Crippen LogP contribution is 2.43. The highest BCUT2D eigenvalue weighted by atomic mass is 16.2. The third-order valence-corrected chi connectivity index (χ3v) is 10.5. The van der Waals surface area contributed by atoms with Crippen LogP contribution in [0.4, 0.5) is 0 Å². The van der Waals surface area contributed by atoms with E-state index in [9.17, 15) is 0 Å². The Morgan fingerprint density at radius 3 is 2.40 bits per heavy atom. The fourth-order valence-electron chi connectivity index (χ4n) is 8.02. The molecule has 10 rings (SSSR count). The first-order chi connectivity index (χ1) is 24.8. The van der Waals surface area contributed by atoms with Crippen molar-refractivity contribution in [1.29, 1.82) is 0 Å². The van der Waals surface area contributed by atoms with Gasteiger partial charge in [0.25, 0.3) is 0 Å². The van der Waals surface area contributed by atoms with Crippen molar-refractivity contribution < 1.29 is 0 Å². The lowest BCUT2D eigenvalue weighted by Gasteiger charge is -2.57. The Kier molecular flexibility index (Phi) is 6.92. The average molecular weight is 661 g/mol. The van der Waals surface area contributed by atoms with Crippen molar-refractivity contribution in [2.75, 3.05) is 0 Å². The molecule has 0 aromatic carbocycles. The molecule has 10 aliphatic rings. The van der Waals surface area contributed by atoms with Gasteiger partial charge in [-0.05, 0) is 128 Å². The van der Waals surface area contributed by atoms with Crippen LogP contribution in [0, 0.1) is 0 Å². The van der Waals surface area contributed by atoms with E-state index in [4.69, 9.17) is 10.2 Å². The van der Waals surface area contributed by atoms with E-state index in [0.717, 1.165) is 74.9 Å². The van der Waals surface area contributed by atoms with Crippen molar-refractivity contribution in [3.8, 4) is 0 Å². The topological polar surface area (TPSA) is 50.6 Å². The van der Waals surface area contributed by atoms with Crippen LogP contribution in [0.3, 0.4) is 0 Å². The smallest absolute Gasteiger partial charge is 0.0892 e. The minimum Gasteiger partial charge on any atom is -0.159 e. The van der Waals surface area contributed by atoms with E-state index in [2.05, 4.69) is 152 Å². The first-order valence-corrected chi connectivity index (χ1v) is 18.0. The third-order valence-electron chi connectivity index (χ3n) is 10.5. The van der Waals surface area contributed by atoms with Crippen LogP contribution in [0.5, 0.6) is 0 Å². The molecule has 0 saturated carbocycles. The Balaban J connectivity index is 1.12. The van der Waals surface area contributed by atoms with E-state index in [0.29, 0.717) is 0 Å². The molecule has 0 aromatic heterocycles. The number of hydrazone groups is 2. The highest BCUT2D eigenvalue weighted by Gasteiger charge is 2.43. The van der Waals surface area contributed by atoms with Gasteiger partial charge in [-0.1, -0.05) is 48.6 Å². The summed E-state index contributed by atoms with van der Waals surface area (Å²) in [4.78, 5) is 0. The van der Waals surface area contributed by atoms with Gasteiger partial charge in [-0.25, -0.2) is 0 Å². The van der Waals surface area contributed by atoms with Crippen LogP contribution in [0.1, 0.15) is 64.2 Å². The summed E-state index contributed by atoms with van der Waals surface area (Å²) in [5.74, 6) is 0. The molecule has 0 bridgehead atoms. The van der Waals surface area contributed by atoms with E-state index >= 15 is 0 Å². The minimum atomic E-state index is 0.817. The zero-order valence-electron chi connectivity index (χ0n) is 28.1. The van der Waals surface area contributed by atoms with Crippen LogP contribution < -0.4 is 0 Å². The molecule has 0 unspecified atom stereocenters. The largest absolute Gasteiger partial charge is 0.159 e. The first kappa shape index (κ1) is 29.1. The summed E-state index contributed by atoms with van der Waals surface area (Å²) < 4.78 is 0. The lowest BCUT2D eigenvalue weighted by molar-refractivity contribution is -0.351. The maximum absolute atomic E-state index is 5.27. The van der Waals surface area contributed by atoms with Crippen LogP contribution in [-0.4, -0.2) is 52.9 Å². The fraction of sp³-hybridized carbons (Fsp3) is 0.250. The van der Waals surface area contributed by atoms with E-state index in [1.165, 1.54) is 45.7 Å². The zero-order chi connectivity index (χ0) is 33.0. The Labute approximate surface area is 293 Å². The van der Waals surface area contributed by atoms with Gasteiger partial charge in [-0.2, -0.15) is 51.1 Å². The maximum Gasteiger partial charge on any atom is 0.0892 e. The molecule has 0 saturated heterocycles. The number of hydrogen-bond donors (Lipinski definition) is 0. The molecular weight excluding hydrogens is 621 g/mol. The molecule has 0 spiro atoms. The normalized spacial score (nSPS) is 24.8. The van der Waals surface area contributed by atoms with Gasteiger partial charge < -0.3 is 0 Å². The van der Waals surface area contributed by atoms with Gasteiger partial charge in [0.2, 0.25) is 0 Å². The van der Waals surface area contributed by atoms with E-state index in [1.54, 1.807) is 0 Å². The van der Waals surface area contributed by atoms with Crippen molar-refractivity contribution in [3.63, 3.8) is 0 Å². The number of nitrogens with zero attached hydrogens (tertiary/aromatic N) is 10. The standard InChI is InChI=1S/C40H40N10/c1-6-16-36-31(11-1)22-27-43(42-36)48-38-18-8-3-13-33(38)24-29-45(48)50-40-20-10-5-15-35(40)25-30-46(50)49-39-19-9-4-14-34(39)23-28-44(49)47-37-17-7-2-12-32(37)21-26-41-47/h1-2,5-7,9,11,15,17,19,21-30H,3-4,8,10,12-14,16,18,20H2. The summed E-state index contributed by atoms with van der Waals surface area (Å²) in [5.41, 5.74) is 12.1. The van der Waals surface area contributed by atoms with Crippen LogP contribution in [0.15, 0.2) is 177 Å². The second kappa shape index (κ2) is 11.9. The van der Waals surface area contributed by atoms with Gasteiger partial charge in [-0.15, -0.1) is 0 Å². The Hall–Kier alpha value is -5.90. The molecule has 0 aromatic rings. The van der Waals surface area contributed by atoms with E-state index < -0.39 is 0 Å². The molecule has 50 heavy (non-hydrogen) atoms. The van der Waals surface area contributed by atoms with Gasteiger partial charge in [-0.3, -0.25) is 0 Å². The molecule has 250 valence electrons. The van der Waals surface area contributed by atoms with Crippen molar-refractivity contribution in [2.45, 2.75) is 64.2 Å². The molecule has 5 heterocycles. The van der Waals surface area contributed by atoms with Crippen molar-refractivity contribution in [1.82, 2.24) is 40.9 Å². The zero-order valence-corrected chi connectivity index (χ0v) is 28.1. The fourth-order valence-corrected chi connectivity index (χ4v) is 8.02. The summed E-state index contributed by atoms with van der Waals surface area (Å²) in [6.45, 7) is 0. The maximum atomic E-state index is 5.27. The van der Waals surface area contributed by atoms with Crippen molar-refractivity contribution in [2.24, 2.45) is 10.2 Å². The summed E-state index contributed by atoms with van der Waals surface area (Å²) in [7, 11) is 0. The predicted octanol–water partition coefficient (Wildman–Crippen LogP) is 7.96. The summed E-state index contributed by atoms with van der Waals surface area (Å²) in [6.07, 6.45) is 53.7. The molecular formula is C40H40N10.